The van der Waals surface area contributed by atoms with Gasteiger partial charge in [-0.1, -0.05) is 24.3 Å². The molecule has 2 aromatic carbocycles. The second kappa shape index (κ2) is 7.61. The molecular weight excluding hydrogens is 278 g/mol. The smallest absolute Gasteiger partial charge is 0.335 e. The van der Waals surface area contributed by atoms with Crippen LogP contribution in [0.1, 0.15) is 35.3 Å². The second-order valence-electron chi connectivity index (χ2n) is 5.42. The summed E-state index contributed by atoms with van der Waals surface area (Å²) in [6.45, 7) is 5.35. The highest BCUT2D eigenvalue weighted by Gasteiger charge is 2.03. The van der Waals surface area contributed by atoms with Crippen molar-refractivity contribution in [1.29, 1.82) is 0 Å². The van der Waals surface area contributed by atoms with Crippen LogP contribution in [0.2, 0.25) is 0 Å². The van der Waals surface area contributed by atoms with Crippen LogP contribution in [0.15, 0.2) is 48.5 Å². The van der Waals surface area contributed by atoms with Gasteiger partial charge in [-0.2, -0.15) is 0 Å². The van der Waals surface area contributed by atoms with E-state index in [0.717, 1.165) is 23.4 Å². The largest absolute Gasteiger partial charge is 0.491 e. The Morgan fingerprint density at radius 1 is 1.09 bits per heavy atom. The van der Waals surface area contributed by atoms with E-state index >= 15 is 0 Å². The minimum atomic E-state index is -0.900. The number of hydrogen-bond donors (Lipinski definition) is 2. The maximum Gasteiger partial charge on any atom is 0.335 e. The van der Waals surface area contributed by atoms with Crippen LogP contribution in [0.4, 0.5) is 0 Å². The van der Waals surface area contributed by atoms with Crippen molar-refractivity contribution in [3.63, 3.8) is 0 Å². The molecule has 2 aromatic rings. The van der Waals surface area contributed by atoms with E-state index in [1.54, 1.807) is 18.2 Å². The number of benzene rings is 2. The van der Waals surface area contributed by atoms with Crippen LogP contribution in [0.25, 0.3) is 0 Å². The molecule has 2 rings (SSSR count). The van der Waals surface area contributed by atoms with Crippen LogP contribution < -0.4 is 10.1 Å². The van der Waals surface area contributed by atoms with Gasteiger partial charge >= 0.3 is 5.97 Å². The number of aromatic carboxylic acids is 1. The second-order valence-corrected chi connectivity index (χ2v) is 5.42. The summed E-state index contributed by atoms with van der Waals surface area (Å²) in [6, 6.07) is 14.9. The van der Waals surface area contributed by atoms with Crippen LogP contribution in [0, 0.1) is 0 Å². The summed E-state index contributed by atoms with van der Waals surface area (Å²) in [6.07, 6.45) is 0.172. The van der Waals surface area contributed by atoms with Crippen molar-refractivity contribution in [2.75, 3.05) is 0 Å². The Hall–Kier alpha value is -2.33. The first kappa shape index (κ1) is 16.0. The Bertz CT molecular complexity index is 620. The Balaban J connectivity index is 1.85. The van der Waals surface area contributed by atoms with Gasteiger partial charge in [0.1, 0.15) is 5.75 Å². The fourth-order valence-corrected chi connectivity index (χ4v) is 2.12. The number of carboxylic acid groups (broad SMARTS) is 1. The number of nitrogens with one attached hydrogen (secondary N) is 1. The van der Waals surface area contributed by atoms with Crippen molar-refractivity contribution in [2.24, 2.45) is 0 Å². The van der Waals surface area contributed by atoms with Gasteiger partial charge < -0.3 is 15.2 Å². The zero-order valence-electron chi connectivity index (χ0n) is 12.9. The molecule has 0 atom stereocenters. The zero-order valence-corrected chi connectivity index (χ0v) is 12.9. The molecule has 0 heterocycles. The van der Waals surface area contributed by atoms with Crippen molar-refractivity contribution in [1.82, 2.24) is 5.32 Å². The maximum absolute atomic E-state index is 10.9. The van der Waals surface area contributed by atoms with E-state index in [-0.39, 0.29) is 6.10 Å². The van der Waals surface area contributed by atoms with Gasteiger partial charge in [0.05, 0.1) is 11.7 Å². The van der Waals surface area contributed by atoms with E-state index in [1.165, 1.54) is 0 Å². The van der Waals surface area contributed by atoms with Gasteiger partial charge in [0.25, 0.3) is 0 Å². The minimum Gasteiger partial charge on any atom is -0.491 e. The van der Waals surface area contributed by atoms with Crippen molar-refractivity contribution in [3.8, 4) is 5.75 Å². The van der Waals surface area contributed by atoms with Crippen LogP contribution in [0.5, 0.6) is 5.75 Å². The topological polar surface area (TPSA) is 58.6 Å². The quantitative estimate of drug-likeness (QED) is 0.822. The Morgan fingerprint density at radius 2 is 1.77 bits per heavy atom. The minimum absolute atomic E-state index is 0.172. The lowest BCUT2D eigenvalue weighted by molar-refractivity contribution is 0.0696. The molecule has 0 saturated heterocycles. The maximum atomic E-state index is 10.9. The summed E-state index contributed by atoms with van der Waals surface area (Å²) in [5.74, 6) is -0.0319. The Labute approximate surface area is 130 Å². The lowest BCUT2D eigenvalue weighted by atomic mass is 10.1. The molecule has 0 radical (unpaired) electrons. The third-order valence-corrected chi connectivity index (χ3v) is 3.13. The fraction of sp³-hybridized carbons (Fsp3) is 0.278. The van der Waals surface area contributed by atoms with E-state index in [0.29, 0.717) is 12.1 Å². The van der Waals surface area contributed by atoms with Gasteiger partial charge in [-0.25, -0.2) is 4.79 Å². The molecule has 4 nitrogen and oxygen atoms in total. The van der Waals surface area contributed by atoms with Gasteiger partial charge in [-0.15, -0.1) is 0 Å². The molecule has 0 spiro atoms. The molecule has 0 aromatic heterocycles. The average Bonchev–Trinajstić information content (AvgIpc) is 2.49. The van der Waals surface area contributed by atoms with Crippen molar-refractivity contribution >= 4 is 5.97 Å². The monoisotopic (exact) mass is 299 g/mol. The molecule has 116 valence electrons. The average molecular weight is 299 g/mol. The third-order valence-electron chi connectivity index (χ3n) is 3.13. The van der Waals surface area contributed by atoms with Crippen molar-refractivity contribution in [2.45, 2.75) is 33.0 Å². The highest BCUT2D eigenvalue weighted by atomic mass is 16.5. The van der Waals surface area contributed by atoms with Gasteiger partial charge in [-0.3, -0.25) is 0 Å². The normalized spacial score (nSPS) is 10.7. The van der Waals surface area contributed by atoms with E-state index in [4.69, 9.17) is 9.84 Å². The van der Waals surface area contributed by atoms with Gasteiger partial charge in [0, 0.05) is 13.1 Å². The highest BCUT2D eigenvalue weighted by Crippen LogP contribution is 2.14. The van der Waals surface area contributed by atoms with E-state index in [9.17, 15) is 4.79 Å². The lowest BCUT2D eigenvalue weighted by Gasteiger charge is -2.10. The fourth-order valence-electron chi connectivity index (χ4n) is 2.12. The number of ether oxygens (including phenoxy) is 1. The van der Waals surface area contributed by atoms with Gasteiger partial charge in [-0.05, 0) is 49.2 Å². The van der Waals surface area contributed by atoms with E-state index in [1.807, 2.05) is 44.2 Å². The summed E-state index contributed by atoms with van der Waals surface area (Å²) < 4.78 is 5.60. The molecule has 0 unspecified atom stereocenters. The van der Waals surface area contributed by atoms with Crippen LogP contribution >= 0.6 is 0 Å². The first-order valence-corrected chi connectivity index (χ1v) is 7.33. The van der Waals surface area contributed by atoms with Crippen LogP contribution in [-0.2, 0) is 13.1 Å². The summed E-state index contributed by atoms with van der Waals surface area (Å²) in [5, 5.41) is 12.3. The third kappa shape index (κ3) is 4.90. The van der Waals surface area contributed by atoms with E-state index < -0.39 is 5.97 Å². The molecule has 0 saturated carbocycles. The standard InChI is InChI=1S/C18H21NO3/c1-13(2)22-17-8-6-14(7-9-17)11-19-12-15-4-3-5-16(10-15)18(20)21/h3-10,13,19H,11-12H2,1-2H3,(H,20,21). The summed E-state index contributed by atoms with van der Waals surface area (Å²) in [7, 11) is 0. The molecule has 0 aliphatic carbocycles. The summed E-state index contributed by atoms with van der Waals surface area (Å²) in [5.41, 5.74) is 2.43. The molecular formula is C18H21NO3. The first-order valence-electron chi connectivity index (χ1n) is 7.33. The predicted octanol–water partition coefficient (Wildman–Crippen LogP) is 3.46. The van der Waals surface area contributed by atoms with E-state index in [2.05, 4.69) is 5.32 Å². The molecule has 0 aliphatic heterocycles. The molecule has 0 bridgehead atoms. The summed E-state index contributed by atoms with van der Waals surface area (Å²) >= 11 is 0. The number of carbonyl (C=O) groups is 1. The summed E-state index contributed by atoms with van der Waals surface area (Å²) in [4.78, 5) is 10.9. The highest BCUT2D eigenvalue weighted by molar-refractivity contribution is 5.87. The molecule has 22 heavy (non-hydrogen) atoms. The molecule has 0 fully saturated rings. The Morgan fingerprint density at radius 3 is 2.41 bits per heavy atom. The van der Waals surface area contributed by atoms with Crippen LogP contribution in [-0.4, -0.2) is 17.2 Å². The van der Waals surface area contributed by atoms with Crippen LogP contribution in [0.3, 0.4) is 0 Å². The molecule has 0 amide bonds. The molecule has 2 N–H and O–H groups in total. The molecule has 4 heteroatoms. The SMILES string of the molecule is CC(C)Oc1ccc(CNCc2cccc(C(=O)O)c2)cc1. The lowest BCUT2D eigenvalue weighted by Crippen LogP contribution is -2.13. The molecule has 0 aliphatic rings. The number of rotatable bonds is 7. The Kier molecular flexibility index (Phi) is 5.55. The van der Waals surface area contributed by atoms with Gasteiger partial charge in [0.15, 0.2) is 0 Å². The number of hydrogen-bond acceptors (Lipinski definition) is 3. The predicted molar refractivity (Wildman–Crippen MR) is 86.2 cm³/mol. The van der Waals surface area contributed by atoms with Crippen molar-refractivity contribution in [3.05, 3.63) is 65.2 Å². The zero-order chi connectivity index (χ0) is 15.9. The number of carboxylic acids is 1. The van der Waals surface area contributed by atoms with Gasteiger partial charge in [0.2, 0.25) is 0 Å². The first-order chi connectivity index (χ1) is 10.5. The van der Waals surface area contributed by atoms with Crippen molar-refractivity contribution < 1.29 is 14.6 Å².